The molecule has 1 atom stereocenters. The van der Waals surface area contributed by atoms with Gasteiger partial charge in [-0.3, -0.25) is 4.79 Å². The Bertz CT molecular complexity index is 1080. The molecule has 7 nitrogen and oxygen atoms in total. The Morgan fingerprint density at radius 2 is 2.22 bits per heavy atom. The molecule has 1 unspecified atom stereocenters. The van der Waals surface area contributed by atoms with Crippen LogP contribution in [0.1, 0.15) is 38.2 Å². The van der Waals surface area contributed by atoms with Gasteiger partial charge in [0.25, 0.3) is 0 Å². The summed E-state index contributed by atoms with van der Waals surface area (Å²) in [5, 5.41) is 12.9. The Labute approximate surface area is 187 Å². The number of anilines is 1. The van der Waals surface area contributed by atoms with Crippen LogP contribution in [0.3, 0.4) is 0 Å². The van der Waals surface area contributed by atoms with Gasteiger partial charge < -0.3 is 19.9 Å². The summed E-state index contributed by atoms with van der Waals surface area (Å²) < 4.78 is 18.7. The summed E-state index contributed by atoms with van der Waals surface area (Å²) in [7, 11) is 0. The molecule has 0 bridgehead atoms. The number of hydrogen-bond acceptors (Lipinski definition) is 6. The minimum absolute atomic E-state index is 0.120. The lowest BCUT2D eigenvalue weighted by atomic mass is 10.0. The van der Waals surface area contributed by atoms with E-state index in [9.17, 15) is 9.18 Å². The molecule has 1 fully saturated rings. The van der Waals surface area contributed by atoms with Crippen LogP contribution in [0.15, 0.2) is 30.5 Å². The second-order valence-corrected chi connectivity index (χ2v) is 8.35. The number of aryl methyl sites for hydroxylation is 1. The van der Waals surface area contributed by atoms with Crippen molar-refractivity contribution in [2.45, 2.75) is 45.6 Å². The highest BCUT2D eigenvalue weighted by Crippen LogP contribution is 2.27. The number of hydrogen-bond donors (Lipinski definition) is 2. The van der Waals surface area contributed by atoms with Crippen LogP contribution in [-0.4, -0.2) is 58.3 Å². The Morgan fingerprint density at radius 1 is 1.34 bits per heavy atom. The van der Waals surface area contributed by atoms with E-state index in [0.29, 0.717) is 24.5 Å². The molecule has 0 amide bonds. The number of nitrogens with one attached hydrogen (secondary N) is 2. The number of nitrogens with zero attached hydrogens (tertiary/aromatic N) is 3. The first kappa shape index (κ1) is 22.2. The van der Waals surface area contributed by atoms with Crippen LogP contribution in [0.5, 0.6) is 0 Å². The van der Waals surface area contributed by atoms with E-state index < -0.39 is 0 Å². The highest BCUT2D eigenvalue weighted by molar-refractivity contribution is 5.85. The molecule has 1 aliphatic heterocycles. The van der Waals surface area contributed by atoms with Crippen LogP contribution in [0.2, 0.25) is 0 Å². The monoisotopic (exact) mass is 439 g/mol. The Hall–Kier alpha value is -3.00. The highest BCUT2D eigenvalue weighted by atomic mass is 19.1. The number of piperidine rings is 1. The summed E-state index contributed by atoms with van der Waals surface area (Å²) >= 11 is 0. The lowest BCUT2D eigenvalue weighted by Crippen LogP contribution is -2.42. The number of esters is 1. The molecule has 32 heavy (non-hydrogen) atoms. The Balaban J connectivity index is 1.36. The quantitative estimate of drug-likeness (QED) is 0.510. The van der Waals surface area contributed by atoms with Gasteiger partial charge in [-0.05, 0) is 70.0 Å². The summed E-state index contributed by atoms with van der Waals surface area (Å²) in [6.07, 6.45) is 4.83. The smallest absolute Gasteiger partial charge is 0.305 e. The molecule has 0 radical (unpaired) electrons. The van der Waals surface area contributed by atoms with Crippen LogP contribution in [0.4, 0.5) is 10.2 Å². The topological polar surface area (TPSA) is 83.1 Å². The number of fused-ring (bicyclic) bond motifs is 1. The van der Waals surface area contributed by atoms with Crippen LogP contribution in [0, 0.1) is 12.7 Å². The van der Waals surface area contributed by atoms with E-state index in [0.717, 1.165) is 67.1 Å². The fourth-order valence-corrected chi connectivity index (χ4v) is 4.34. The van der Waals surface area contributed by atoms with Gasteiger partial charge in [-0.1, -0.05) is 6.07 Å². The van der Waals surface area contributed by atoms with E-state index >= 15 is 0 Å². The Morgan fingerprint density at radius 3 is 3.03 bits per heavy atom. The van der Waals surface area contributed by atoms with E-state index in [1.807, 2.05) is 32.0 Å². The third-order valence-electron chi connectivity index (χ3n) is 5.91. The van der Waals surface area contributed by atoms with Crippen molar-refractivity contribution in [1.82, 2.24) is 20.1 Å². The predicted octanol–water partition coefficient (Wildman–Crippen LogP) is 4.29. The van der Waals surface area contributed by atoms with E-state index in [1.165, 1.54) is 6.20 Å². The number of benzene rings is 1. The average Bonchev–Trinajstić information content (AvgIpc) is 3.14. The molecule has 2 N–H and O–H groups in total. The minimum atomic E-state index is -0.253. The largest absolute Gasteiger partial charge is 0.466 e. The van der Waals surface area contributed by atoms with Crippen LogP contribution >= 0.6 is 0 Å². The number of aromatic amines is 1. The first-order valence-electron chi connectivity index (χ1n) is 11.3. The number of carbonyl (C=O) groups excluding carboxylic acids is 1. The number of H-pyrrole nitrogens is 1. The van der Waals surface area contributed by atoms with Crippen molar-refractivity contribution in [2.75, 3.05) is 31.6 Å². The summed E-state index contributed by atoms with van der Waals surface area (Å²) in [5.41, 5.74) is 3.45. The molecule has 0 saturated carbocycles. The fraction of sp³-hybridized carbons (Fsp3) is 0.458. The maximum Gasteiger partial charge on any atom is 0.305 e. The van der Waals surface area contributed by atoms with E-state index in [2.05, 4.69) is 25.4 Å². The summed E-state index contributed by atoms with van der Waals surface area (Å²) in [6, 6.07) is 7.85. The molecule has 1 aliphatic rings. The van der Waals surface area contributed by atoms with Gasteiger partial charge in [0.2, 0.25) is 0 Å². The van der Waals surface area contributed by atoms with Crippen molar-refractivity contribution < 1.29 is 13.9 Å². The molecule has 3 heterocycles. The third kappa shape index (κ3) is 5.24. The van der Waals surface area contributed by atoms with E-state index in [4.69, 9.17) is 4.74 Å². The van der Waals surface area contributed by atoms with Crippen LogP contribution in [-0.2, 0) is 9.53 Å². The molecule has 4 rings (SSSR count). The molecular weight excluding hydrogens is 409 g/mol. The lowest BCUT2D eigenvalue weighted by molar-refractivity contribution is -0.143. The maximum atomic E-state index is 13.7. The summed E-state index contributed by atoms with van der Waals surface area (Å²) in [5.74, 6) is 0.388. The molecule has 8 heteroatoms. The van der Waals surface area contributed by atoms with E-state index in [-0.39, 0.29) is 11.8 Å². The first-order valence-corrected chi connectivity index (χ1v) is 11.3. The second-order valence-electron chi connectivity index (χ2n) is 8.35. The fourth-order valence-electron chi connectivity index (χ4n) is 4.34. The summed E-state index contributed by atoms with van der Waals surface area (Å²) in [4.78, 5) is 16.9. The number of halogens is 1. The zero-order valence-electron chi connectivity index (χ0n) is 18.7. The molecule has 1 saturated heterocycles. The first-order chi connectivity index (χ1) is 15.5. The number of carbonyl (C=O) groups is 1. The van der Waals surface area contributed by atoms with Gasteiger partial charge in [0.05, 0.1) is 12.3 Å². The Kier molecular flexibility index (Phi) is 6.99. The van der Waals surface area contributed by atoms with Crippen molar-refractivity contribution in [1.29, 1.82) is 0 Å². The number of likely N-dealkylation sites (tertiary alicyclic amines) is 1. The maximum absolute atomic E-state index is 13.7. The van der Waals surface area contributed by atoms with Gasteiger partial charge in [0.1, 0.15) is 11.6 Å². The van der Waals surface area contributed by atoms with Crippen LogP contribution in [0.25, 0.3) is 22.2 Å². The molecule has 0 aliphatic carbocycles. The van der Waals surface area contributed by atoms with Crippen molar-refractivity contribution in [3.63, 3.8) is 0 Å². The van der Waals surface area contributed by atoms with Gasteiger partial charge in [0.15, 0.2) is 0 Å². The van der Waals surface area contributed by atoms with Gasteiger partial charge >= 0.3 is 5.97 Å². The van der Waals surface area contributed by atoms with Gasteiger partial charge in [-0.15, -0.1) is 10.2 Å². The van der Waals surface area contributed by atoms with Crippen molar-refractivity contribution >= 4 is 22.7 Å². The van der Waals surface area contributed by atoms with Crippen molar-refractivity contribution in [2.24, 2.45) is 0 Å². The molecule has 170 valence electrons. The SMILES string of the molecule is CCOC(=O)CCCN1CCCC(Nc2cc(C)c(-c3ccc4c(F)c[nH]c4c3)nn2)C1. The van der Waals surface area contributed by atoms with Gasteiger partial charge in [-0.2, -0.15) is 0 Å². The molecule has 3 aromatic rings. The normalized spacial score (nSPS) is 16.9. The zero-order valence-corrected chi connectivity index (χ0v) is 18.7. The highest BCUT2D eigenvalue weighted by Gasteiger charge is 2.20. The average molecular weight is 440 g/mol. The van der Waals surface area contributed by atoms with Crippen LogP contribution < -0.4 is 5.32 Å². The molecule has 1 aromatic carbocycles. The third-order valence-corrected chi connectivity index (χ3v) is 5.91. The zero-order chi connectivity index (χ0) is 22.5. The van der Waals surface area contributed by atoms with Crippen molar-refractivity contribution in [3.05, 3.63) is 41.8 Å². The van der Waals surface area contributed by atoms with Gasteiger partial charge in [-0.25, -0.2) is 4.39 Å². The standard InChI is InChI=1S/C24H30FN5O2/c1-3-32-23(31)7-5-11-30-10-4-6-18(15-30)27-22-12-16(2)24(29-28-22)17-8-9-19-20(25)14-26-21(19)13-17/h8-9,12-14,18,26H,3-7,10-11,15H2,1-2H3,(H,27,28). The number of aromatic nitrogens is 3. The van der Waals surface area contributed by atoms with E-state index in [1.54, 1.807) is 6.07 Å². The lowest BCUT2D eigenvalue weighted by Gasteiger charge is -2.33. The van der Waals surface area contributed by atoms with Gasteiger partial charge in [0, 0.05) is 41.7 Å². The summed E-state index contributed by atoms with van der Waals surface area (Å²) in [6.45, 7) is 7.14. The minimum Gasteiger partial charge on any atom is -0.466 e. The number of rotatable bonds is 8. The van der Waals surface area contributed by atoms with Crippen molar-refractivity contribution in [3.8, 4) is 11.3 Å². The predicted molar refractivity (Wildman–Crippen MR) is 123 cm³/mol. The number of ether oxygens (including phenoxy) is 1. The molecule has 2 aromatic heterocycles. The molecule has 0 spiro atoms. The second kappa shape index (κ2) is 10.1. The molecular formula is C24H30FN5O2.